The van der Waals surface area contributed by atoms with Crippen molar-refractivity contribution < 1.29 is 4.39 Å². The molecular weight excluding hydrogens is 303 g/mol. The predicted molar refractivity (Wildman–Crippen MR) is 88.4 cm³/mol. The molecule has 2 N–H and O–H groups in total. The van der Waals surface area contributed by atoms with Gasteiger partial charge in [0.2, 0.25) is 0 Å². The Bertz CT molecular complexity index is 636. The Labute approximate surface area is 135 Å². The molecule has 3 rings (SSSR count). The van der Waals surface area contributed by atoms with Crippen LogP contribution in [0.1, 0.15) is 20.3 Å². The van der Waals surface area contributed by atoms with Gasteiger partial charge in [-0.2, -0.15) is 0 Å². The number of halogens is 2. The van der Waals surface area contributed by atoms with Crippen LogP contribution >= 0.6 is 11.6 Å². The van der Waals surface area contributed by atoms with E-state index in [1.165, 1.54) is 12.1 Å². The summed E-state index contributed by atoms with van der Waals surface area (Å²) in [5, 5.41) is 6.35. The zero-order valence-electron chi connectivity index (χ0n) is 13.0. The van der Waals surface area contributed by atoms with E-state index in [0.29, 0.717) is 0 Å². The van der Waals surface area contributed by atoms with Crippen molar-refractivity contribution in [3.8, 4) is 0 Å². The maximum atomic E-state index is 13.2. The standard InChI is InChI=1S/C16H20ClFN4/c1-16(2)8-9-22(11-6-4-10(18)5-7-11)14-12(16)13(19-3)20-15(17)21-14/h4-7,15,19-20H,8-9H2,1-3H3. The number of amidine groups is 1. The molecule has 0 aliphatic carbocycles. The summed E-state index contributed by atoms with van der Waals surface area (Å²) in [5.74, 6) is 1.52. The molecule has 0 saturated carbocycles. The van der Waals surface area contributed by atoms with E-state index in [9.17, 15) is 4.39 Å². The van der Waals surface area contributed by atoms with Gasteiger partial charge in [-0.05, 0) is 36.1 Å². The molecule has 2 aliphatic heterocycles. The summed E-state index contributed by atoms with van der Waals surface area (Å²) < 4.78 is 13.2. The Kier molecular flexibility index (Phi) is 3.77. The van der Waals surface area contributed by atoms with Crippen molar-refractivity contribution in [3.63, 3.8) is 0 Å². The highest BCUT2D eigenvalue weighted by molar-refractivity contribution is 6.23. The Morgan fingerprint density at radius 2 is 2.05 bits per heavy atom. The molecular formula is C16H20ClFN4. The first-order valence-electron chi connectivity index (χ1n) is 7.37. The highest BCUT2D eigenvalue weighted by Gasteiger charge is 2.40. The summed E-state index contributed by atoms with van der Waals surface area (Å²) in [7, 11) is 1.87. The number of aliphatic imine (C=N–C) groups is 1. The summed E-state index contributed by atoms with van der Waals surface area (Å²) in [6.45, 7) is 5.22. The molecule has 1 atom stereocenters. The van der Waals surface area contributed by atoms with Gasteiger partial charge in [0.25, 0.3) is 0 Å². The van der Waals surface area contributed by atoms with Crippen LogP contribution in [0, 0.1) is 11.2 Å². The summed E-state index contributed by atoms with van der Waals surface area (Å²) >= 11 is 6.22. The topological polar surface area (TPSA) is 39.7 Å². The average Bonchev–Trinajstić information content (AvgIpc) is 2.47. The molecule has 1 aromatic carbocycles. The predicted octanol–water partition coefficient (Wildman–Crippen LogP) is 3.02. The lowest BCUT2D eigenvalue weighted by atomic mass is 9.76. The molecule has 2 aliphatic rings. The normalized spacial score (nSPS) is 23.6. The molecule has 22 heavy (non-hydrogen) atoms. The van der Waals surface area contributed by atoms with Crippen LogP contribution < -0.4 is 15.5 Å². The van der Waals surface area contributed by atoms with Gasteiger partial charge in [0, 0.05) is 24.9 Å². The van der Waals surface area contributed by atoms with Gasteiger partial charge >= 0.3 is 0 Å². The van der Waals surface area contributed by atoms with E-state index in [2.05, 4.69) is 34.4 Å². The lowest BCUT2D eigenvalue weighted by molar-refractivity contribution is 0.398. The second-order valence-corrected chi connectivity index (χ2v) is 6.61. The Morgan fingerprint density at radius 3 is 2.68 bits per heavy atom. The monoisotopic (exact) mass is 322 g/mol. The molecule has 0 spiro atoms. The zero-order valence-corrected chi connectivity index (χ0v) is 13.7. The number of nitrogens with one attached hydrogen (secondary N) is 2. The first-order chi connectivity index (χ1) is 10.4. The van der Waals surface area contributed by atoms with Gasteiger partial charge in [-0.15, -0.1) is 0 Å². The number of hydrogen-bond donors (Lipinski definition) is 2. The summed E-state index contributed by atoms with van der Waals surface area (Å²) in [4.78, 5) is 6.69. The number of nitrogens with zero attached hydrogens (tertiary/aromatic N) is 2. The van der Waals surface area contributed by atoms with Crippen LogP contribution in [0.15, 0.2) is 40.7 Å². The van der Waals surface area contributed by atoms with E-state index in [-0.39, 0.29) is 11.2 Å². The minimum atomic E-state index is -0.516. The highest BCUT2D eigenvalue weighted by Crippen LogP contribution is 2.40. The second kappa shape index (κ2) is 5.47. The van der Waals surface area contributed by atoms with Crippen LogP contribution in [0.5, 0.6) is 0 Å². The number of rotatable bonds is 2. The fourth-order valence-corrected chi connectivity index (χ4v) is 3.25. The second-order valence-electron chi connectivity index (χ2n) is 6.19. The zero-order chi connectivity index (χ0) is 15.9. The van der Waals surface area contributed by atoms with Crippen LogP contribution in [-0.4, -0.2) is 25.1 Å². The fraction of sp³-hybridized carbons (Fsp3) is 0.438. The van der Waals surface area contributed by atoms with Crippen molar-refractivity contribution >= 4 is 23.1 Å². The number of anilines is 1. The molecule has 118 valence electrons. The fourth-order valence-electron chi connectivity index (χ4n) is 3.04. The van der Waals surface area contributed by atoms with Gasteiger partial charge in [0.1, 0.15) is 17.5 Å². The van der Waals surface area contributed by atoms with Gasteiger partial charge in [0.05, 0.1) is 0 Å². The molecule has 6 heteroatoms. The number of alkyl halides is 1. The molecule has 0 aromatic heterocycles. The highest BCUT2D eigenvalue weighted by atomic mass is 35.5. The smallest absolute Gasteiger partial charge is 0.198 e. The number of benzene rings is 1. The van der Waals surface area contributed by atoms with Crippen molar-refractivity contribution in [2.24, 2.45) is 10.4 Å². The molecule has 0 bridgehead atoms. The molecule has 0 amide bonds. The van der Waals surface area contributed by atoms with Gasteiger partial charge in [-0.25, -0.2) is 9.38 Å². The number of hydrogen-bond acceptors (Lipinski definition) is 4. The van der Waals surface area contributed by atoms with Gasteiger partial charge in [-0.3, -0.25) is 0 Å². The van der Waals surface area contributed by atoms with E-state index < -0.39 is 5.62 Å². The Morgan fingerprint density at radius 1 is 1.36 bits per heavy atom. The molecule has 2 heterocycles. The maximum absolute atomic E-state index is 13.2. The van der Waals surface area contributed by atoms with Gasteiger partial charge in [-0.1, -0.05) is 25.4 Å². The largest absolute Gasteiger partial charge is 0.375 e. The van der Waals surface area contributed by atoms with Crippen LogP contribution in [0.4, 0.5) is 10.1 Å². The first kappa shape index (κ1) is 15.2. The summed E-state index contributed by atoms with van der Waals surface area (Å²) in [6.07, 6.45) is 0.971. The van der Waals surface area contributed by atoms with Crippen molar-refractivity contribution in [2.45, 2.75) is 25.9 Å². The lowest BCUT2D eigenvalue weighted by Crippen LogP contribution is -2.51. The van der Waals surface area contributed by atoms with Gasteiger partial charge < -0.3 is 15.5 Å². The first-order valence-corrected chi connectivity index (χ1v) is 7.80. The van der Waals surface area contributed by atoms with Crippen molar-refractivity contribution in [1.82, 2.24) is 10.6 Å². The maximum Gasteiger partial charge on any atom is 0.198 e. The molecule has 1 saturated heterocycles. The molecule has 1 unspecified atom stereocenters. The SMILES string of the molecule is CNC1=C2C(=NC(Cl)N1)N(c1ccc(F)cc1)CCC2(C)C. The van der Waals surface area contributed by atoms with Crippen LogP contribution in [0.3, 0.4) is 0 Å². The lowest BCUT2D eigenvalue weighted by Gasteiger charge is -2.44. The van der Waals surface area contributed by atoms with E-state index in [0.717, 1.165) is 35.9 Å². The minimum Gasteiger partial charge on any atom is -0.375 e. The molecule has 4 nitrogen and oxygen atoms in total. The van der Waals surface area contributed by atoms with Crippen molar-refractivity contribution in [2.75, 3.05) is 18.5 Å². The summed E-state index contributed by atoms with van der Waals surface area (Å²) in [6, 6.07) is 6.49. The Balaban J connectivity index is 2.08. The molecule has 1 fully saturated rings. The quantitative estimate of drug-likeness (QED) is 0.649. The third-order valence-electron chi connectivity index (χ3n) is 4.25. The van der Waals surface area contributed by atoms with Crippen LogP contribution in [0.2, 0.25) is 0 Å². The van der Waals surface area contributed by atoms with E-state index in [4.69, 9.17) is 11.6 Å². The van der Waals surface area contributed by atoms with Crippen molar-refractivity contribution in [3.05, 3.63) is 41.5 Å². The van der Waals surface area contributed by atoms with Gasteiger partial charge in [0.15, 0.2) is 5.62 Å². The van der Waals surface area contributed by atoms with E-state index >= 15 is 0 Å². The third kappa shape index (κ3) is 2.54. The van der Waals surface area contributed by atoms with Crippen molar-refractivity contribution in [1.29, 1.82) is 0 Å². The van der Waals surface area contributed by atoms with Crippen LogP contribution in [0.25, 0.3) is 0 Å². The molecule has 1 aromatic rings. The van der Waals surface area contributed by atoms with Crippen LogP contribution in [-0.2, 0) is 0 Å². The van der Waals surface area contributed by atoms with E-state index in [1.54, 1.807) is 12.1 Å². The Hall–Kier alpha value is -1.75. The number of piperidine rings is 1. The minimum absolute atomic E-state index is 0.0161. The molecule has 0 radical (unpaired) electrons. The summed E-state index contributed by atoms with van der Waals surface area (Å²) in [5.41, 5.74) is 1.51. The third-order valence-corrected chi connectivity index (χ3v) is 4.46. The number of fused-ring (bicyclic) bond motifs is 1. The average molecular weight is 323 g/mol. The van der Waals surface area contributed by atoms with E-state index in [1.807, 2.05) is 7.05 Å².